The summed E-state index contributed by atoms with van der Waals surface area (Å²) in [5.41, 5.74) is 4.79. The first-order chi connectivity index (χ1) is 9.23. The Morgan fingerprint density at radius 1 is 1.35 bits per heavy atom. The highest BCUT2D eigenvalue weighted by atomic mass is 32.2. The Bertz CT molecular complexity index is 450. The summed E-state index contributed by atoms with van der Waals surface area (Å²) in [6.45, 7) is 7.84. The number of hydrogen-bond acceptors (Lipinski definition) is 3. The molecule has 20 heavy (non-hydrogen) atoms. The van der Waals surface area contributed by atoms with Crippen molar-refractivity contribution < 1.29 is 9.18 Å². The van der Waals surface area contributed by atoms with Crippen molar-refractivity contribution in [3.8, 4) is 0 Å². The highest BCUT2D eigenvalue weighted by Gasteiger charge is 2.33. The van der Waals surface area contributed by atoms with E-state index < -0.39 is 5.54 Å². The summed E-state index contributed by atoms with van der Waals surface area (Å²) in [6, 6.07) is 6.54. The van der Waals surface area contributed by atoms with Crippen LogP contribution in [0.25, 0.3) is 0 Å². The number of amides is 1. The molecule has 0 aliphatic heterocycles. The summed E-state index contributed by atoms with van der Waals surface area (Å²) in [5.74, 6) is -0.594. The molecule has 1 aromatic rings. The monoisotopic (exact) mass is 298 g/mol. The highest BCUT2D eigenvalue weighted by Crippen LogP contribution is 2.29. The molecule has 0 aromatic heterocycles. The van der Waals surface area contributed by atoms with E-state index in [1.165, 1.54) is 12.1 Å². The lowest BCUT2D eigenvalue weighted by Crippen LogP contribution is -2.56. The number of nitrogens with one attached hydrogen (secondary N) is 1. The molecule has 3 nitrogen and oxygen atoms in total. The van der Waals surface area contributed by atoms with Crippen LogP contribution in [0.15, 0.2) is 29.2 Å². The minimum atomic E-state index is -0.736. The van der Waals surface area contributed by atoms with Gasteiger partial charge in [-0.05, 0) is 51.5 Å². The van der Waals surface area contributed by atoms with Crippen LogP contribution < -0.4 is 11.1 Å². The topological polar surface area (TPSA) is 55.1 Å². The van der Waals surface area contributed by atoms with Gasteiger partial charge >= 0.3 is 0 Å². The lowest BCUT2D eigenvalue weighted by Gasteiger charge is -2.32. The summed E-state index contributed by atoms with van der Waals surface area (Å²) >= 11 is 1.61. The Morgan fingerprint density at radius 3 is 2.35 bits per heavy atom. The lowest BCUT2D eigenvalue weighted by atomic mass is 9.94. The first kappa shape index (κ1) is 17.0. The molecule has 112 valence electrons. The van der Waals surface area contributed by atoms with Gasteiger partial charge in [0.25, 0.3) is 0 Å². The number of halogens is 1. The van der Waals surface area contributed by atoms with E-state index >= 15 is 0 Å². The fourth-order valence-electron chi connectivity index (χ4n) is 2.23. The molecule has 0 saturated heterocycles. The van der Waals surface area contributed by atoms with E-state index in [0.29, 0.717) is 6.42 Å². The minimum Gasteiger partial charge on any atom is -0.368 e. The maximum atomic E-state index is 12.9. The van der Waals surface area contributed by atoms with E-state index in [9.17, 15) is 9.18 Å². The molecule has 1 rings (SSSR count). The van der Waals surface area contributed by atoms with E-state index in [0.717, 1.165) is 4.90 Å². The zero-order valence-electron chi connectivity index (χ0n) is 12.4. The number of carbonyl (C=O) groups is 1. The lowest BCUT2D eigenvalue weighted by molar-refractivity contribution is -0.124. The summed E-state index contributed by atoms with van der Waals surface area (Å²) in [6.07, 6.45) is 0.614. The van der Waals surface area contributed by atoms with E-state index in [2.05, 4.69) is 5.32 Å². The number of carbonyl (C=O) groups excluding carboxylic acids is 1. The Morgan fingerprint density at radius 2 is 1.90 bits per heavy atom. The van der Waals surface area contributed by atoms with Crippen LogP contribution in [0.3, 0.4) is 0 Å². The minimum absolute atomic E-state index is 0.176. The maximum Gasteiger partial charge on any atom is 0.237 e. The van der Waals surface area contributed by atoms with Gasteiger partial charge < -0.3 is 11.1 Å². The fraction of sp³-hybridized carbons (Fsp3) is 0.533. The molecule has 1 amide bonds. The van der Waals surface area contributed by atoms with Gasteiger partial charge in [0.05, 0.1) is 5.54 Å². The second-order valence-electron chi connectivity index (χ2n) is 5.58. The molecule has 2 atom stereocenters. The summed E-state index contributed by atoms with van der Waals surface area (Å²) in [5, 5.41) is 3.42. The molecule has 0 heterocycles. The molecule has 1 aromatic carbocycles. The number of hydrogen-bond donors (Lipinski definition) is 2. The van der Waals surface area contributed by atoms with Gasteiger partial charge in [-0.3, -0.25) is 4.79 Å². The van der Waals surface area contributed by atoms with Crippen LogP contribution in [-0.4, -0.2) is 22.7 Å². The molecule has 0 fully saturated rings. The van der Waals surface area contributed by atoms with E-state index in [1.807, 2.05) is 27.7 Å². The van der Waals surface area contributed by atoms with Crippen LogP contribution in [0, 0.1) is 5.82 Å². The van der Waals surface area contributed by atoms with Crippen molar-refractivity contribution >= 4 is 17.7 Å². The van der Waals surface area contributed by atoms with Gasteiger partial charge in [0.1, 0.15) is 5.82 Å². The average Bonchev–Trinajstić information content (AvgIpc) is 2.30. The molecule has 2 unspecified atom stereocenters. The quantitative estimate of drug-likeness (QED) is 0.761. The van der Waals surface area contributed by atoms with Crippen LogP contribution in [0.5, 0.6) is 0 Å². The Labute approximate surface area is 124 Å². The van der Waals surface area contributed by atoms with Gasteiger partial charge in [0.15, 0.2) is 0 Å². The first-order valence-electron chi connectivity index (χ1n) is 6.73. The van der Waals surface area contributed by atoms with Crippen molar-refractivity contribution in [3.05, 3.63) is 30.1 Å². The number of thioether (sulfide) groups is 1. The van der Waals surface area contributed by atoms with Crippen molar-refractivity contribution in [2.75, 3.05) is 0 Å². The molecular weight excluding hydrogens is 275 g/mol. The normalized spacial score (nSPS) is 15.9. The van der Waals surface area contributed by atoms with Crippen LogP contribution in [0.4, 0.5) is 4.39 Å². The van der Waals surface area contributed by atoms with E-state index in [-0.39, 0.29) is 23.0 Å². The molecule has 0 aliphatic carbocycles. The third-order valence-corrected chi connectivity index (χ3v) is 4.11. The standard InChI is InChI=1S/C15H23FN2OS/c1-10(2)18-15(4,14(17)19)9-11(3)20-13-7-5-12(16)6-8-13/h5-8,10-11,18H,9H2,1-4H3,(H2,17,19). The number of rotatable bonds is 7. The van der Waals surface area contributed by atoms with E-state index in [4.69, 9.17) is 5.73 Å². The zero-order chi connectivity index (χ0) is 15.3. The Kier molecular flexibility index (Phi) is 6.02. The third kappa shape index (κ3) is 5.13. The van der Waals surface area contributed by atoms with Crippen molar-refractivity contribution in [2.24, 2.45) is 5.73 Å². The van der Waals surface area contributed by atoms with Gasteiger partial charge in [-0.1, -0.05) is 6.92 Å². The van der Waals surface area contributed by atoms with Crippen molar-refractivity contribution in [2.45, 2.75) is 55.8 Å². The van der Waals surface area contributed by atoms with Crippen molar-refractivity contribution in [3.63, 3.8) is 0 Å². The fourth-order valence-corrected chi connectivity index (χ4v) is 3.40. The number of nitrogens with two attached hydrogens (primary N) is 1. The largest absolute Gasteiger partial charge is 0.368 e. The Hall–Kier alpha value is -1.07. The molecule has 0 radical (unpaired) electrons. The SMILES string of the molecule is CC(C)NC(C)(CC(C)Sc1ccc(F)cc1)C(N)=O. The second-order valence-corrected chi connectivity index (χ2v) is 7.09. The number of benzene rings is 1. The van der Waals surface area contributed by atoms with E-state index in [1.54, 1.807) is 23.9 Å². The van der Waals surface area contributed by atoms with Gasteiger partial charge in [-0.25, -0.2) is 4.39 Å². The molecule has 0 spiro atoms. The first-order valence-corrected chi connectivity index (χ1v) is 7.61. The molecular formula is C15H23FN2OS. The summed E-state index contributed by atoms with van der Waals surface area (Å²) in [7, 11) is 0. The molecule has 5 heteroatoms. The Balaban J connectivity index is 2.69. The van der Waals surface area contributed by atoms with Crippen LogP contribution in [0.1, 0.15) is 34.1 Å². The zero-order valence-corrected chi connectivity index (χ0v) is 13.3. The van der Waals surface area contributed by atoms with Crippen molar-refractivity contribution in [1.29, 1.82) is 0 Å². The predicted molar refractivity (Wildman–Crippen MR) is 82.2 cm³/mol. The predicted octanol–water partition coefficient (Wildman–Crippen LogP) is 2.94. The average molecular weight is 298 g/mol. The molecule has 0 saturated carbocycles. The summed E-state index contributed by atoms with van der Waals surface area (Å²) in [4.78, 5) is 12.7. The van der Waals surface area contributed by atoms with Gasteiger partial charge in [-0.2, -0.15) is 0 Å². The van der Waals surface area contributed by atoms with Gasteiger partial charge in [0, 0.05) is 16.2 Å². The van der Waals surface area contributed by atoms with Gasteiger partial charge in [0.2, 0.25) is 5.91 Å². The van der Waals surface area contributed by atoms with Crippen molar-refractivity contribution in [1.82, 2.24) is 5.32 Å². The third-order valence-electron chi connectivity index (χ3n) is 3.00. The molecule has 0 aliphatic rings. The van der Waals surface area contributed by atoms with Crippen LogP contribution in [0.2, 0.25) is 0 Å². The maximum absolute atomic E-state index is 12.9. The second kappa shape index (κ2) is 7.09. The van der Waals surface area contributed by atoms with Crippen LogP contribution in [-0.2, 0) is 4.79 Å². The smallest absolute Gasteiger partial charge is 0.237 e. The number of primary amides is 1. The molecule has 0 bridgehead atoms. The van der Waals surface area contributed by atoms with Gasteiger partial charge in [-0.15, -0.1) is 11.8 Å². The summed E-state index contributed by atoms with van der Waals surface area (Å²) < 4.78 is 12.9. The van der Waals surface area contributed by atoms with Crippen LogP contribution >= 0.6 is 11.8 Å². The molecule has 3 N–H and O–H groups in total. The highest BCUT2D eigenvalue weighted by molar-refractivity contribution is 7.99.